The fraction of sp³-hybridized carbons (Fsp3) is 0.375. The second-order valence-corrected chi connectivity index (χ2v) is 4.72. The van der Waals surface area contributed by atoms with Gasteiger partial charge in [-0.3, -0.25) is 4.79 Å². The van der Waals surface area contributed by atoms with E-state index in [2.05, 4.69) is 5.16 Å². The number of nitrogens with zero attached hydrogens (tertiary/aromatic N) is 1. The third kappa shape index (κ3) is 3.49. The van der Waals surface area contributed by atoms with Crippen molar-refractivity contribution in [2.75, 3.05) is 14.2 Å². The molecule has 0 spiro atoms. The van der Waals surface area contributed by atoms with Gasteiger partial charge in [0, 0.05) is 24.7 Å². The average molecular weight is 289 g/mol. The van der Waals surface area contributed by atoms with Crippen molar-refractivity contribution in [2.24, 2.45) is 5.16 Å². The van der Waals surface area contributed by atoms with Crippen LogP contribution in [0.3, 0.4) is 0 Å². The molecule has 0 saturated heterocycles. The number of hydrogen-bond acceptors (Lipinski definition) is 5. The highest BCUT2D eigenvalue weighted by Crippen LogP contribution is 2.26. The molecule has 112 valence electrons. The normalized spacial score (nSPS) is 18.0. The van der Waals surface area contributed by atoms with E-state index in [1.54, 1.807) is 7.11 Å². The topological polar surface area (TPSA) is 57.1 Å². The molecule has 1 heterocycles. The van der Waals surface area contributed by atoms with Gasteiger partial charge >= 0.3 is 5.97 Å². The third-order valence-corrected chi connectivity index (χ3v) is 3.42. The predicted molar refractivity (Wildman–Crippen MR) is 78.8 cm³/mol. The lowest BCUT2D eigenvalue weighted by Gasteiger charge is -2.24. The molecule has 0 amide bonds. The molecule has 1 unspecified atom stereocenters. The lowest BCUT2D eigenvalue weighted by atomic mass is 9.93. The van der Waals surface area contributed by atoms with Crippen molar-refractivity contribution < 1.29 is 19.1 Å². The summed E-state index contributed by atoms with van der Waals surface area (Å²) in [4.78, 5) is 16.8. The van der Waals surface area contributed by atoms with E-state index in [0.29, 0.717) is 12.8 Å². The highest BCUT2D eigenvalue weighted by Gasteiger charge is 2.25. The average Bonchev–Trinajstić information content (AvgIpc) is 2.53. The van der Waals surface area contributed by atoms with Crippen LogP contribution in [0, 0.1) is 0 Å². The molecule has 5 heteroatoms. The van der Waals surface area contributed by atoms with Crippen LogP contribution in [0.2, 0.25) is 0 Å². The highest BCUT2D eigenvalue weighted by molar-refractivity contribution is 6.13. The number of carbonyl (C=O) groups is 1. The Labute approximate surface area is 124 Å². The highest BCUT2D eigenvalue weighted by atomic mass is 16.8. The van der Waals surface area contributed by atoms with Crippen molar-refractivity contribution in [2.45, 2.75) is 26.1 Å². The minimum Gasteiger partial charge on any atom is -0.469 e. The van der Waals surface area contributed by atoms with Crippen molar-refractivity contribution in [1.82, 2.24) is 0 Å². The standard InChI is InChI=1S/C16H19NO4/c1-11-13(9-10-14(18)19-2)15(17-21-16(11)20-3)12-7-5-4-6-8-12/h4-8,16H,9-10H2,1-3H3. The molecule has 21 heavy (non-hydrogen) atoms. The number of allylic oxidation sites excluding steroid dienone is 1. The Balaban J connectivity index is 2.30. The van der Waals surface area contributed by atoms with Crippen LogP contribution in [-0.2, 0) is 19.1 Å². The summed E-state index contributed by atoms with van der Waals surface area (Å²) in [6.45, 7) is 1.93. The van der Waals surface area contributed by atoms with E-state index in [-0.39, 0.29) is 5.97 Å². The van der Waals surface area contributed by atoms with Gasteiger partial charge in [-0.2, -0.15) is 0 Å². The van der Waals surface area contributed by atoms with Gasteiger partial charge in [0.15, 0.2) is 0 Å². The summed E-state index contributed by atoms with van der Waals surface area (Å²) in [6.07, 6.45) is 0.325. The van der Waals surface area contributed by atoms with E-state index in [1.807, 2.05) is 37.3 Å². The molecule has 0 fully saturated rings. The van der Waals surface area contributed by atoms with Gasteiger partial charge < -0.3 is 14.3 Å². The lowest BCUT2D eigenvalue weighted by molar-refractivity contribution is -0.140. The summed E-state index contributed by atoms with van der Waals surface area (Å²) in [5.74, 6) is -0.247. The first-order chi connectivity index (χ1) is 10.2. The molecule has 0 radical (unpaired) electrons. The van der Waals surface area contributed by atoms with Gasteiger partial charge in [0.1, 0.15) is 5.71 Å². The van der Waals surface area contributed by atoms with Crippen molar-refractivity contribution in [3.05, 3.63) is 47.0 Å². The van der Waals surface area contributed by atoms with Crippen LogP contribution in [-0.4, -0.2) is 32.2 Å². The first-order valence-corrected chi connectivity index (χ1v) is 6.76. The van der Waals surface area contributed by atoms with Gasteiger partial charge in [-0.15, -0.1) is 0 Å². The molecular formula is C16H19NO4. The van der Waals surface area contributed by atoms with Crippen molar-refractivity contribution >= 4 is 11.7 Å². The first-order valence-electron chi connectivity index (χ1n) is 6.76. The largest absolute Gasteiger partial charge is 0.469 e. The summed E-state index contributed by atoms with van der Waals surface area (Å²) in [6, 6.07) is 9.74. The number of rotatable bonds is 5. The maximum Gasteiger partial charge on any atom is 0.305 e. The lowest BCUT2D eigenvalue weighted by Crippen LogP contribution is -2.25. The molecule has 1 aliphatic rings. The second kappa shape index (κ2) is 7.04. The summed E-state index contributed by atoms with van der Waals surface area (Å²) in [7, 11) is 2.95. The number of methoxy groups -OCH3 is 2. The molecule has 0 N–H and O–H groups in total. The van der Waals surface area contributed by atoms with Crippen molar-refractivity contribution in [3.8, 4) is 0 Å². The van der Waals surface area contributed by atoms with Crippen molar-refractivity contribution in [1.29, 1.82) is 0 Å². The van der Waals surface area contributed by atoms with E-state index in [0.717, 1.165) is 22.4 Å². The Morgan fingerprint density at radius 3 is 2.62 bits per heavy atom. The Morgan fingerprint density at radius 1 is 1.29 bits per heavy atom. The van der Waals surface area contributed by atoms with Gasteiger partial charge in [-0.1, -0.05) is 35.5 Å². The van der Waals surface area contributed by atoms with E-state index >= 15 is 0 Å². The van der Waals surface area contributed by atoms with E-state index in [4.69, 9.17) is 14.3 Å². The third-order valence-electron chi connectivity index (χ3n) is 3.42. The second-order valence-electron chi connectivity index (χ2n) is 4.72. The summed E-state index contributed by atoms with van der Waals surface area (Å²) >= 11 is 0. The fourth-order valence-electron chi connectivity index (χ4n) is 2.25. The molecule has 5 nitrogen and oxygen atoms in total. The number of oxime groups is 1. The van der Waals surface area contributed by atoms with Gasteiger partial charge in [-0.25, -0.2) is 0 Å². The van der Waals surface area contributed by atoms with E-state index in [9.17, 15) is 4.79 Å². The van der Waals surface area contributed by atoms with E-state index < -0.39 is 6.29 Å². The molecule has 1 aromatic rings. The Kier molecular flexibility index (Phi) is 5.11. The van der Waals surface area contributed by atoms with E-state index in [1.165, 1.54) is 7.11 Å². The number of ether oxygens (including phenoxy) is 2. The fourth-order valence-corrected chi connectivity index (χ4v) is 2.25. The number of benzene rings is 1. The Hall–Kier alpha value is -2.14. The van der Waals surface area contributed by atoms with Gasteiger partial charge in [0.25, 0.3) is 0 Å². The van der Waals surface area contributed by atoms with Crippen LogP contribution in [0.25, 0.3) is 0 Å². The van der Waals surface area contributed by atoms with Crippen LogP contribution in [0.15, 0.2) is 46.6 Å². The Bertz CT molecular complexity index is 563. The number of esters is 1. The quantitative estimate of drug-likeness (QED) is 0.782. The monoisotopic (exact) mass is 289 g/mol. The summed E-state index contributed by atoms with van der Waals surface area (Å²) in [5, 5.41) is 4.17. The van der Waals surface area contributed by atoms with Crippen LogP contribution in [0.5, 0.6) is 0 Å². The Morgan fingerprint density at radius 2 is 2.00 bits per heavy atom. The summed E-state index contributed by atoms with van der Waals surface area (Å²) in [5.41, 5.74) is 3.58. The molecule has 0 saturated carbocycles. The van der Waals surface area contributed by atoms with Crippen LogP contribution >= 0.6 is 0 Å². The van der Waals surface area contributed by atoms with Crippen LogP contribution in [0.4, 0.5) is 0 Å². The zero-order valence-corrected chi connectivity index (χ0v) is 12.5. The molecule has 2 rings (SSSR count). The van der Waals surface area contributed by atoms with Crippen LogP contribution in [0.1, 0.15) is 25.3 Å². The predicted octanol–water partition coefficient (Wildman–Crippen LogP) is 2.66. The number of carbonyl (C=O) groups excluding carboxylic acids is 1. The molecule has 1 aromatic carbocycles. The number of hydrogen-bond donors (Lipinski definition) is 0. The zero-order chi connectivity index (χ0) is 15.2. The zero-order valence-electron chi connectivity index (χ0n) is 12.5. The minimum atomic E-state index is -0.509. The smallest absolute Gasteiger partial charge is 0.305 e. The SMILES string of the molecule is COC(=O)CCC1=C(C)C(OC)ON=C1c1ccccc1. The molecule has 0 aromatic heterocycles. The van der Waals surface area contributed by atoms with Gasteiger partial charge in [0.2, 0.25) is 6.29 Å². The first kappa shape index (κ1) is 15.3. The summed E-state index contributed by atoms with van der Waals surface area (Å²) < 4.78 is 9.95. The van der Waals surface area contributed by atoms with Crippen LogP contribution < -0.4 is 0 Å². The van der Waals surface area contributed by atoms with Gasteiger partial charge in [-0.05, 0) is 18.9 Å². The maximum absolute atomic E-state index is 11.4. The molecule has 0 aliphatic carbocycles. The molecule has 1 aliphatic heterocycles. The molecular weight excluding hydrogens is 270 g/mol. The maximum atomic E-state index is 11.4. The van der Waals surface area contributed by atoms with Crippen molar-refractivity contribution in [3.63, 3.8) is 0 Å². The molecule has 0 bridgehead atoms. The van der Waals surface area contributed by atoms with Gasteiger partial charge in [0.05, 0.1) is 7.11 Å². The minimum absolute atomic E-state index is 0.247. The molecule has 1 atom stereocenters.